The number of aromatic nitrogens is 2. The summed E-state index contributed by atoms with van der Waals surface area (Å²) in [6.45, 7) is 4.84. The standard InChI is InChI=1S/C21H22N4O/c1-4-25(19-12-8-9-16(2)13-19)21-22-14-17(15-23-21)20(26)24(3)18-10-6-5-7-11-18/h5-15H,4H2,1-3H3. The molecule has 26 heavy (non-hydrogen) atoms. The van der Waals surface area contributed by atoms with Crippen LogP contribution in [-0.2, 0) is 0 Å². The van der Waals surface area contributed by atoms with E-state index < -0.39 is 0 Å². The van der Waals surface area contributed by atoms with Crippen LogP contribution < -0.4 is 9.80 Å². The zero-order valence-corrected chi connectivity index (χ0v) is 15.3. The molecule has 0 aliphatic rings. The van der Waals surface area contributed by atoms with Gasteiger partial charge in [0.2, 0.25) is 5.95 Å². The van der Waals surface area contributed by atoms with Crippen molar-refractivity contribution in [1.82, 2.24) is 9.97 Å². The minimum Gasteiger partial charge on any atom is -0.311 e. The zero-order valence-electron chi connectivity index (χ0n) is 15.3. The Balaban J connectivity index is 1.82. The highest BCUT2D eigenvalue weighted by molar-refractivity contribution is 6.05. The van der Waals surface area contributed by atoms with Crippen LogP contribution in [0.1, 0.15) is 22.8 Å². The topological polar surface area (TPSA) is 49.3 Å². The highest BCUT2D eigenvalue weighted by Gasteiger charge is 2.16. The third-order valence-corrected chi connectivity index (χ3v) is 4.20. The molecule has 5 heteroatoms. The van der Waals surface area contributed by atoms with E-state index in [1.807, 2.05) is 54.3 Å². The summed E-state index contributed by atoms with van der Waals surface area (Å²) >= 11 is 0. The van der Waals surface area contributed by atoms with Crippen molar-refractivity contribution in [3.05, 3.63) is 78.1 Å². The van der Waals surface area contributed by atoms with Gasteiger partial charge in [0.25, 0.3) is 5.91 Å². The molecule has 1 amide bonds. The van der Waals surface area contributed by atoms with Crippen LogP contribution in [0.3, 0.4) is 0 Å². The molecule has 0 spiro atoms. The molecule has 1 aromatic heterocycles. The van der Waals surface area contributed by atoms with Crippen molar-refractivity contribution in [1.29, 1.82) is 0 Å². The lowest BCUT2D eigenvalue weighted by molar-refractivity contribution is 0.0992. The lowest BCUT2D eigenvalue weighted by Gasteiger charge is -2.22. The second kappa shape index (κ2) is 7.78. The number of anilines is 3. The molecule has 132 valence electrons. The summed E-state index contributed by atoms with van der Waals surface area (Å²) in [5, 5.41) is 0. The first kappa shape index (κ1) is 17.6. The van der Waals surface area contributed by atoms with Crippen molar-refractivity contribution < 1.29 is 4.79 Å². The molecule has 0 N–H and O–H groups in total. The van der Waals surface area contributed by atoms with E-state index >= 15 is 0 Å². The Labute approximate surface area is 153 Å². The predicted octanol–water partition coefficient (Wildman–Crippen LogP) is 4.22. The molecular formula is C21H22N4O. The third-order valence-electron chi connectivity index (χ3n) is 4.20. The average Bonchev–Trinajstić information content (AvgIpc) is 2.69. The molecule has 3 aromatic rings. The Morgan fingerprint density at radius 3 is 2.23 bits per heavy atom. The fourth-order valence-electron chi connectivity index (χ4n) is 2.77. The summed E-state index contributed by atoms with van der Waals surface area (Å²) in [5.41, 5.74) is 3.50. The minimum atomic E-state index is -0.138. The Hall–Kier alpha value is -3.21. The third kappa shape index (κ3) is 3.72. The van der Waals surface area contributed by atoms with Crippen molar-refractivity contribution in [2.75, 3.05) is 23.4 Å². The number of rotatable bonds is 5. The van der Waals surface area contributed by atoms with Crippen molar-refractivity contribution in [2.24, 2.45) is 0 Å². The quantitative estimate of drug-likeness (QED) is 0.694. The molecule has 0 radical (unpaired) electrons. The van der Waals surface area contributed by atoms with Crippen LogP contribution in [0, 0.1) is 6.92 Å². The van der Waals surface area contributed by atoms with Gasteiger partial charge in [0.05, 0.1) is 5.56 Å². The van der Waals surface area contributed by atoms with Gasteiger partial charge in [-0.25, -0.2) is 9.97 Å². The molecule has 0 fully saturated rings. The Morgan fingerprint density at radius 2 is 1.62 bits per heavy atom. The largest absolute Gasteiger partial charge is 0.311 e. The van der Waals surface area contributed by atoms with Crippen LogP contribution in [0.15, 0.2) is 67.0 Å². The van der Waals surface area contributed by atoms with Gasteiger partial charge in [-0.1, -0.05) is 30.3 Å². The lowest BCUT2D eigenvalue weighted by Crippen LogP contribution is -2.27. The fraction of sp³-hybridized carbons (Fsp3) is 0.190. The highest BCUT2D eigenvalue weighted by Crippen LogP contribution is 2.23. The molecule has 0 unspecified atom stereocenters. The molecular weight excluding hydrogens is 324 g/mol. The minimum absolute atomic E-state index is 0.138. The van der Waals surface area contributed by atoms with E-state index in [9.17, 15) is 4.79 Å². The second-order valence-electron chi connectivity index (χ2n) is 6.05. The zero-order chi connectivity index (χ0) is 18.5. The average molecular weight is 346 g/mol. The van der Waals surface area contributed by atoms with Gasteiger partial charge in [-0.2, -0.15) is 0 Å². The number of benzene rings is 2. The van der Waals surface area contributed by atoms with Crippen molar-refractivity contribution in [3.63, 3.8) is 0 Å². The molecule has 0 bridgehead atoms. The summed E-state index contributed by atoms with van der Waals surface area (Å²) in [6, 6.07) is 17.7. The number of hydrogen-bond donors (Lipinski definition) is 0. The van der Waals surface area contributed by atoms with E-state index in [0.717, 1.165) is 17.9 Å². The van der Waals surface area contributed by atoms with Gasteiger partial charge in [0, 0.05) is 37.4 Å². The normalized spacial score (nSPS) is 10.4. The maximum Gasteiger partial charge on any atom is 0.261 e. The van der Waals surface area contributed by atoms with E-state index in [2.05, 4.69) is 29.0 Å². The van der Waals surface area contributed by atoms with Gasteiger partial charge >= 0.3 is 0 Å². The molecule has 5 nitrogen and oxygen atoms in total. The second-order valence-corrected chi connectivity index (χ2v) is 6.05. The summed E-state index contributed by atoms with van der Waals surface area (Å²) in [7, 11) is 1.75. The number of amides is 1. The van der Waals surface area contributed by atoms with Crippen LogP contribution in [0.5, 0.6) is 0 Å². The van der Waals surface area contributed by atoms with Crippen LogP contribution >= 0.6 is 0 Å². The Bertz CT molecular complexity index is 878. The van der Waals surface area contributed by atoms with Gasteiger partial charge in [0.15, 0.2) is 0 Å². The smallest absolute Gasteiger partial charge is 0.261 e. The number of nitrogens with zero attached hydrogens (tertiary/aromatic N) is 4. The molecule has 0 saturated heterocycles. The van der Waals surface area contributed by atoms with Gasteiger partial charge < -0.3 is 9.80 Å². The van der Waals surface area contributed by atoms with Crippen LogP contribution in [0.25, 0.3) is 0 Å². The van der Waals surface area contributed by atoms with E-state index in [1.54, 1.807) is 24.3 Å². The SMILES string of the molecule is CCN(c1cccc(C)c1)c1ncc(C(=O)N(C)c2ccccc2)cn1. The summed E-state index contributed by atoms with van der Waals surface area (Å²) in [4.78, 5) is 25.1. The molecule has 1 heterocycles. The number of aryl methyl sites for hydroxylation is 1. The first-order chi connectivity index (χ1) is 12.6. The van der Waals surface area contributed by atoms with Crippen molar-refractivity contribution in [2.45, 2.75) is 13.8 Å². The van der Waals surface area contributed by atoms with Crippen LogP contribution in [0.4, 0.5) is 17.3 Å². The van der Waals surface area contributed by atoms with Gasteiger partial charge in [0.1, 0.15) is 0 Å². The number of carbonyl (C=O) groups excluding carboxylic acids is 1. The number of para-hydroxylation sites is 1. The van der Waals surface area contributed by atoms with E-state index in [1.165, 1.54) is 5.56 Å². The van der Waals surface area contributed by atoms with E-state index in [4.69, 9.17) is 0 Å². The van der Waals surface area contributed by atoms with E-state index in [0.29, 0.717) is 11.5 Å². The highest BCUT2D eigenvalue weighted by atomic mass is 16.2. The lowest BCUT2D eigenvalue weighted by atomic mass is 10.2. The predicted molar refractivity (Wildman–Crippen MR) is 105 cm³/mol. The van der Waals surface area contributed by atoms with Gasteiger partial charge in [-0.3, -0.25) is 4.79 Å². The molecule has 0 saturated carbocycles. The first-order valence-corrected chi connectivity index (χ1v) is 8.59. The molecule has 3 rings (SSSR count). The fourth-order valence-corrected chi connectivity index (χ4v) is 2.77. The number of carbonyl (C=O) groups is 1. The molecule has 0 aliphatic carbocycles. The monoisotopic (exact) mass is 346 g/mol. The molecule has 0 aliphatic heterocycles. The first-order valence-electron chi connectivity index (χ1n) is 8.59. The summed E-state index contributed by atoms with van der Waals surface area (Å²) in [6.07, 6.45) is 3.17. The summed E-state index contributed by atoms with van der Waals surface area (Å²) < 4.78 is 0. The molecule has 2 aromatic carbocycles. The molecule has 0 atom stereocenters. The Morgan fingerprint density at radius 1 is 0.962 bits per heavy atom. The maximum absolute atomic E-state index is 12.6. The van der Waals surface area contributed by atoms with Crippen molar-refractivity contribution in [3.8, 4) is 0 Å². The van der Waals surface area contributed by atoms with Crippen LogP contribution in [-0.4, -0.2) is 29.5 Å². The van der Waals surface area contributed by atoms with E-state index in [-0.39, 0.29) is 5.91 Å². The number of hydrogen-bond acceptors (Lipinski definition) is 4. The van der Waals surface area contributed by atoms with Crippen LogP contribution in [0.2, 0.25) is 0 Å². The van der Waals surface area contributed by atoms with Gasteiger partial charge in [-0.05, 0) is 43.7 Å². The summed E-state index contributed by atoms with van der Waals surface area (Å²) in [5.74, 6) is 0.443. The maximum atomic E-state index is 12.6. The Kier molecular flexibility index (Phi) is 5.27. The van der Waals surface area contributed by atoms with Gasteiger partial charge in [-0.15, -0.1) is 0 Å². The van der Waals surface area contributed by atoms with Crippen molar-refractivity contribution >= 4 is 23.2 Å².